The zero-order valence-electron chi connectivity index (χ0n) is 15.3. The third kappa shape index (κ3) is 5.02. The van der Waals surface area contributed by atoms with E-state index in [1.807, 2.05) is 6.07 Å². The largest absolute Gasteiger partial charge is 0.481 e. The molecule has 1 amide bonds. The van der Waals surface area contributed by atoms with Gasteiger partial charge in [0.05, 0.1) is 11.5 Å². The molecule has 1 aliphatic heterocycles. The summed E-state index contributed by atoms with van der Waals surface area (Å²) in [5.74, 6) is -0.406. The van der Waals surface area contributed by atoms with Gasteiger partial charge >= 0.3 is 0 Å². The summed E-state index contributed by atoms with van der Waals surface area (Å²) in [7, 11) is -3.18. The van der Waals surface area contributed by atoms with Crippen LogP contribution in [0.2, 0.25) is 5.02 Å². The van der Waals surface area contributed by atoms with Crippen molar-refractivity contribution in [3.05, 3.63) is 64.9 Å². The summed E-state index contributed by atoms with van der Waals surface area (Å²) in [6.45, 7) is 1.78. The van der Waals surface area contributed by atoms with E-state index in [1.54, 1.807) is 25.1 Å². The molecule has 0 aromatic heterocycles. The highest BCUT2D eigenvalue weighted by atomic mass is 35.5. The van der Waals surface area contributed by atoms with E-state index < -0.39 is 27.8 Å². The summed E-state index contributed by atoms with van der Waals surface area (Å²) in [4.78, 5) is 14.6. The first kappa shape index (κ1) is 20.6. The predicted molar refractivity (Wildman–Crippen MR) is 106 cm³/mol. The minimum Gasteiger partial charge on any atom is -0.481 e. The first-order valence-electron chi connectivity index (χ1n) is 8.92. The number of hydrogen-bond acceptors (Lipinski definition) is 4. The highest BCUT2D eigenvalue weighted by Gasteiger charge is 2.36. The van der Waals surface area contributed by atoms with E-state index in [0.717, 1.165) is 5.56 Å². The molecule has 28 heavy (non-hydrogen) atoms. The van der Waals surface area contributed by atoms with E-state index in [4.69, 9.17) is 16.3 Å². The fourth-order valence-electron chi connectivity index (χ4n) is 3.22. The average molecular weight is 426 g/mol. The number of ether oxygens (including phenoxy) is 1. The van der Waals surface area contributed by atoms with Crippen LogP contribution in [0.15, 0.2) is 48.5 Å². The van der Waals surface area contributed by atoms with Crippen LogP contribution >= 0.6 is 11.6 Å². The van der Waals surface area contributed by atoms with Gasteiger partial charge in [0.1, 0.15) is 11.6 Å². The summed E-state index contributed by atoms with van der Waals surface area (Å²) in [5.41, 5.74) is 0.732. The molecular weight excluding hydrogens is 405 g/mol. The zero-order chi connectivity index (χ0) is 20.3. The van der Waals surface area contributed by atoms with Gasteiger partial charge in [0.15, 0.2) is 15.9 Å². The molecule has 0 N–H and O–H groups in total. The van der Waals surface area contributed by atoms with Crippen LogP contribution in [-0.2, 0) is 21.2 Å². The molecule has 0 bridgehead atoms. The Labute approximate surface area is 169 Å². The molecule has 1 fully saturated rings. The van der Waals surface area contributed by atoms with Crippen LogP contribution in [0, 0.1) is 5.82 Å². The molecule has 0 radical (unpaired) electrons. The van der Waals surface area contributed by atoms with E-state index in [9.17, 15) is 17.6 Å². The molecule has 0 spiro atoms. The lowest BCUT2D eigenvalue weighted by Crippen LogP contribution is -2.46. The summed E-state index contributed by atoms with van der Waals surface area (Å²) in [5, 5.41) is 0.508. The molecule has 2 aromatic carbocycles. The Morgan fingerprint density at radius 1 is 1.25 bits per heavy atom. The molecule has 1 heterocycles. The molecule has 2 atom stereocenters. The molecule has 3 rings (SSSR count). The molecule has 1 saturated heterocycles. The highest BCUT2D eigenvalue weighted by molar-refractivity contribution is 7.91. The van der Waals surface area contributed by atoms with E-state index >= 15 is 0 Å². The maximum atomic E-state index is 13.1. The number of hydrogen-bond donors (Lipinski definition) is 0. The van der Waals surface area contributed by atoms with Gasteiger partial charge in [-0.3, -0.25) is 4.79 Å². The van der Waals surface area contributed by atoms with Crippen molar-refractivity contribution < 1.29 is 22.3 Å². The van der Waals surface area contributed by atoms with Gasteiger partial charge in [-0.1, -0.05) is 29.8 Å². The highest BCUT2D eigenvalue weighted by Crippen LogP contribution is 2.25. The van der Waals surface area contributed by atoms with E-state index in [1.165, 1.54) is 29.2 Å². The summed E-state index contributed by atoms with van der Waals surface area (Å²) in [6.07, 6.45) is -0.488. The maximum Gasteiger partial charge on any atom is 0.263 e. The Kier molecular flexibility index (Phi) is 6.25. The molecule has 5 nitrogen and oxygen atoms in total. The van der Waals surface area contributed by atoms with Crippen molar-refractivity contribution in [1.29, 1.82) is 0 Å². The van der Waals surface area contributed by atoms with Crippen LogP contribution in [0.25, 0.3) is 0 Å². The molecule has 1 aliphatic rings. The van der Waals surface area contributed by atoms with Gasteiger partial charge in [-0.05, 0) is 49.2 Å². The second kappa shape index (κ2) is 8.49. The Morgan fingerprint density at radius 3 is 2.54 bits per heavy atom. The van der Waals surface area contributed by atoms with Gasteiger partial charge in [-0.25, -0.2) is 12.8 Å². The van der Waals surface area contributed by atoms with Crippen LogP contribution in [0.1, 0.15) is 18.9 Å². The number of halogens is 2. The number of nitrogens with zero attached hydrogens (tertiary/aromatic N) is 1. The normalized spacial score (nSPS) is 19.2. The predicted octanol–water partition coefficient (Wildman–Crippen LogP) is 3.46. The van der Waals surface area contributed by atoms with Crippen molar-refractivity contribution in [2.24, 2.45) is 0 Å². The van der Waals surface area contributed by atoms with Gasteiger partial charge < -0.3 is 9.64 Å². The van der Waals surface area contributed by atoms with Crippen LogP contribution in [-0.4, -0.2) is 42.9 Å². The molecular formula is C20H21ClFNO4S. The van der Waals surface area contributed by atoms with Crippen molar-refractivity contribution in [1.82, 2.24) is 4.90 Å². The fraction of sp³-hybridized carbons (Fsp3) is 0.350. The Morgan fingerprint density at radius 2 is 1.93 bits per heavy atom. The number of carbonyl (C=O) groups excluding carboxylic acids is 1. The van der Waals surface area contributed by atoms with Crippen molar-refractivity contribution in [2.75, 3.05) is 11.5 Å². The maximum absolute atomic E-state index is 13.1. The average Bonchev–Trinajstić information content (AvgIpc) is 3.02. The molecule has 2 aromatic rings. The molecule has 150 valence electrons. The summed E-state index contributed by atoms with van der Waals surface area (Å²) in [6, 6.07) is 12.1. The Bertz CT molecular complexity index is 949. The van der Waals surface area contributed by atoms with Gasteiger partial charge in [-0.2, -0.15) is 0 Å². The van der Waals surface area contributed by atoms with Crippen molar-refractivity contribution in [3.63, 3.8) is 0 Å². The Balaban J connectivity index is 1.81. The van der Waals surface area contributed by atoms with Crippen LogP contribution in [0.4, 0.5) is 4.39 Å². The summed E-state index contributed by atoms with van der Waals surface area (Å²) >= 11 is 6.24. The van der Waals surface area contributed by atoms with Crippen molar-refractivity contribution in [3.8, 4) is 5.75 Å². The minimum absolute atomic E-state index is 0.0527. The summed E-state index contributed by atoms with van der Waals surface area (Å²) < 4.78 is 42.6. The first-order chi connectivity index (χ1) is 13.2. The smallest absolute Gasteiger partial charge is 0.263 e. The Hall–Kier alpha value is -2.12. The van der Waals surface area contributed by atoms with Crippen LogP contribution in [0.5, 0.6) is 5.75 Å². The van der Waals surface area contributed by atoms with Crippen molar-refractivity contribution in [2.45, 2.75) is 32.0 Å². The van der Waals surface area contributed by atoms with Gasteiger partial charge in [0, 0.05) is 17.6 Å². The monoisotopic (exact) mass is 425 g/mol. The number of sulfone groups is 1. The number of rotatable bonds is 6. The van der Waals surface area contributed by atoms with Crippen molar-refractivity contribution >= 4 is 27.3 Å². The van der Waals surface area contributed by atoms with E-state index in [0.29, 0.717) is 17.2 Å². The standard InChI is InChI=1S/C20H21ClFNO4S/c1-14(27-18-8-6-16(22)7-9-18)20(24)23(17-10-11-28(25,26)13-17)12-15-4-2-3-5-19(15)21/h2-9,14,17H,10-13H2,1H3/t14-,17+/m1/s1. The molecule has 0 saturated carbocycles. The fourth-order valence-corrected chi connectivity index (χ4v) is 5.15. The molecule has 0 unspecified atom stereocenters. The molecule has 8 heteroatoms. The third-order valence-corrected chi connectivity index (χ3v) is 6.82. The van der Waals surface area contributed by atoms with Gasteiger partial charge in [-0.15, -0.1) is 0 Å². The zero-order valence-corrected chi connectivity index (χ0v) is 16.9. The number of carbonyl (C=O) groups is 1. The lowest BCUT2D eigenvalue weighted by Gasteiger charge is -2.31. The minimum atomic E-state index is -3.18. The topological polar surface area (TPSA) is 63.7 Å². The van der Waals surface area contributed by atoms with E-state index in [-0.39, 0.29) is 24.0 Å². The second-order valence-electron chi connectivity index (χ2n) is 6.83. The number of amides is 1. The number of benzene rings is 2. The lowest BCUT2D eigenvalue weighted by atomic mass is 10.1. The van der Waals surface area contributed by atoms with Gasteiger partial charge in [0.25, 0.3) is 5.91 Å². The van der Waals surface area contributed by atoms with E-state index in [2.05, 4.69) is 0 Å². The third-order valence-electron chi connectivity index (χ3n) is 4.71. The molecule has 0 aliphatic carbocycles. The van der Waals surface area contributed by atoms with Crippen LogP contribution < -0.4 is 4.74 Å². The second-order valence-corrected chi connectivity index (χ2v) is 9.46. The SMILES string of the molecule is C[C@@H](Oc1ccc(F)cc1)C(=O)N(Cc1ccccc1Cl)[C@H]1CCS(=O)(=O)C1. The quantitative estimate of drug-likeness (QED) is 0.711. The first-order valence-corrected chi connectivity index (χ1v) is 11.1. The lowest BCUT2D eigenvalue weighted by molar-refractivity contribution is -0.140. The van der Waals surface area contributed by atoms with Gasteiger partial charge in [0.2, 0.25) is 0 Å². The van der Waals surface area contributed by atoms with Crippen LogP contribution in [0.3, 0.4) is 0 Å².